The van der Waals surface area contributed by atoms with E-state index >= 15 is 0 Å². The molecule has 5 rings (SSSR count). The normalized spacial score (nSPS) is 19.5. The molecule has 1 aromatic carbocycles. The van der Waals surface area contributed by atoms with E-state index in [1.54, 1.807) is 10.7 Å². The Morgan fingerprint density at radius 1 is 1.18 bits per heavy atom. The molecule has 0 spiro atoms. The molecule has 2 N–H and O–H groups in total. The highest BCUT2D eigenvalue weighted by Crippen LogP contribution is 2.28. The zero-order valence-corrected chi connectivity index (χ0v) is 18.3. The van der Waals surface area contributed by atoms with Crippen molar-refractivity contribution in [3.05, 3.63) is 42.7 Å². The number of nitrogens with zero attached hydrogens (tertiary/aromatic N) is 5. The second kappa shape index (κ2) is 8.61. The van der Waals surface area contributed by atoms with Gasteiger partial charge in [0.1, 0.15) is 11.6 Å². The smallest absolute Gasteiger partial charge is 0.407 e. The molecule has 2 aromatic heterocycles. The number of hydrogen-bond acceptors (Lipinski definition) is 6. The lowest BCUT2D eigenvalue weighted by atomic mass is 10.0. The van der Waals surface area contributed by atoms with Crippen molar-refractivity contribution in [2.75, 3.05) is 37.6 Å². The summed E-state index contributed by atoms with van der Waals surface area (Å²) in [5, 5.41) is 16.3. The van der Waals surface area contributed by atoms with Crippen molar-refractivity contribution < 1.29 is 19.4 Å². The molecule has 10 heteroatoms. The number of carbonyl (C=O) groups is 2. The zero-order valence-electron chi connectivity index (χ0n) is 18.3. The van der Waals surface area contributed by atoms with Crippen LogP contribution >= 0.6 is 0 Å². The number of benzene rings is 1. The number of carboxylic acid groups (broad SMARTS) is 1. The molecule has 3 aromatic rings. The van der Waals surface area contributed by atoms with Gasteiger partial charge in [-0.1, -0.05) is 12.1 Å². The lowest BCUT2D eigenvalue weighted by Crippen LogP contribution is -2.48. The zero-order chi connectivity index (χ0) is 22.9. The van der Waals surface area contributed by atoms with Gasteiger partial charge in [0.15, 0.2) is 0 Å². The lowest BCUT2D eigenvalue weighted by Gasteiger charge is -2.34. The van der Waals surface area contributed by atoms with Gasteiger partial charge in [-0.25, -0.2) is 14.3 Å². The summed E-state index contributed by atoms with van der Waals surface area (Å²) in [6.45, 7) is 4.89. The maximum atomic E-state index is 11.6. The highest BCUT2D eigenvalue weighted by Gasteiger charge is 2.29. The van der Waals surface area contributed by atoms with Gasteiger partial charge >= 0.3 is 6.09 Å². The molecule has 2 fully saturated rings. The number of aromatic nitrogens is 3. The molecular formula is C23H26N6O4. The number of amides is 2. The van der Waals surface area contributed by atoms with Gasteiger partial charge in [0.05, 0.1) is 18.1 Å². The maximum absolute atomic E-state index is 11.6. The number of piperazine rings is 1. The highest BCUT2D eigenvalue weighted by atomic mass is 16.5. The summed E-state index contributed by atoms with van der Waals surface area (Å²) in [7, 11) is 0. The first-order chi connectivity index (χ1) is 16.0. The number of ether oxygens (including phenoxy) is 1. The van der Waals surface area contributed by atoms with Crippen LogP contribution in [0.5, 0.6) is 5.88 Å². The number of rotatable bonds is 5. The summed E-state index contributed by atoms with van der Waals surface area (Å²) in [5.41, 5.74) is 3.48. The summed E-state index contributed by atoms with van der Waals surface area (Å²) in [5.74, 6) is 0.647. The average molecular weight is 450 g/mol. The Balaban J connectivity index is 1.35. The van der Waals surface area contributed by atoms with E-state index in [1.807, 2.05) is 43.5 Å². The third-order valence-corrected chi connectivity index (χ3v) is 6.40. The summed E-state index contributed by atoms with van der Waals surface area (Å²) in [6, 6.07) is 9.92. The number of carbonyl (C=O) groups excluding carboxylic acids is 1. The Bertz CT molecular complexity index is 1170. The minimum Gasteiger partial charge on any atom is -0.473 e. The van der Waals surface area contributed by atoms with E-state index in [0.717, 1.165) is 22.5 Å². The molecule has 0 saturated carbocycles. The number of nitrogens with one attached hydrogen (secondary N) is 1. The third-order valence-electron chi connectivity index (χ3n) is 6.40. The van der Waals surface area contributed by atoms with E-state index in [9.17, 15) is 9.59 Å². The van der Waals surface area contributed by atoms with Crippen molar-refractivity contribution in [1.82, 2.24) is 24.8 Å². The van der Waals surface area contributed by atoms with E-state index < -0.39 is 6.09 Å². The van der Waals surface area contributed by atoms with E-state index in [1.165, 1.54) is 4.90 Å². The average Bonchev–Trinajstić information content (AvgIpc) is 3.48. The molecule has 2 amide bonds. The van der Waals surface area contributed by atoms with Crippen LogP contribution in [0.25, 0.3) is 16.8 Å². The fraction of sp³-hybridized carbons (Fsp3) is 0.391. The Morgan fingerprint density at radius 3 is 2.61 bits per heavy atom. The van der Waals surface area contributed by atoms with Crippen molar-refractivity contribution >= 4 is 23.2 Å². The van der Waals surface area contributed by atoms with Crippen molar-refractivity contribution in [2.24, 2.45) is 5.92 Å². The molecule has 172 valence electrons. The van der Waals surface area contributed by atoms with E-state index in [-0.39, 0.29) is 17.9 Å². The van der Waals surface area contributed by atoms with Crippen molar-refractivity contribution in [3.63, 3.8) is 0 Å². The topological polar surface area (TPSA) is 112 Å². The third kappa shape index (κ3) is 4.28. The van der Waals surface area contributed by atoms with Crippen LogP contribution in [-0.2, 0) is 4.79 Å². The molecule has 2 aliphatic heterocycles. The molecule has 0 aliphatic carbocycles. The van der Waals surface area contributed by atoms with Gasteiger partial charge in [0, 0.05) is 56.3 Å². The molecule has 2 atom stereocenters. The summed E-state index contributed by atoms with van der Waals surface area (Å²) in [6.07, 6.45) is 3.00. The van der Waals surface area contributed by atoms with Gasteiger partial charge in [0.2, 0.25) is 11.8 Å². The van der Waals surface area contributed by atoms with Crippen LogP contribution in [-0.4, -0.2) is 75.4 Å². The van der Waals surface area contributed by atoms with Gasteiger partial charge in [-0.15, -0.1) is 0 Å². The van der Waals surface area contributed by atoms with Crippen molar-refractivity contribution in [2.45, 2.75) is 19.4 Å². The molecule has 2 aliphatic rings. The van der Waals surface area contributed by atoms with E-state index in [0.29, 0.717) is 45.0 Å². The quantitative estimate of drug-likeness (QED) is 0.612. The summed E-state index contributed by atoms with van der Waals surface area (Å²) >= 11 is 0. The SMILES string of the molecule is CC(Oc1nc(-c2ccc(N3CCN(C(=O)O)CC3)cc2)cn2nccc12)[C@H]1CNC(=O)C1. The molecule has 10 nitrogen and oxygen atoms in total. The second-order valence-corrected chi connectivity index (χ2v) is 8.49. The molecular weight excluding hydrogens is 424 g/mol. The standard InChI is InChI=1S/C23H26N6O4/c1-15(17-12-21(30)24-13-17)33-22-20-6-7-25-29(20)14-19(26-22)16-2-4-18(5-3-16)27-8-10-28(11-9-27)23(31)32/h2-7,14-15,17H,8-13H2,1H3,(H,24,30)(H,31,32)/t15?,17-/m1/s1. The van der Waals surface area contributed by atoms with Crippen LogP contribution in [0.2, 0.25) is 0 Å². The van der Waals surface area contributed by atoms with Crippen LogP contribution in [0.15, 0.2) is 42.7 Å². The largest absolute Gasteiger partial charge is 0.473 e. The molecule has 4 heterocycles. The predicted molar refractivity (Wildman–Crippen MR) is 121 cm³/mol. The fourth-order valence-electron chi connectivity index (χ4n) is 4.35. The van der Waals surface area contributed by atoms with Crippen molar-refractivity contribution in [1.29, 1.82) is 0 Å². The lowest BCUT2D eigenvalue weighted by molar-refractivity contribution is -0.119. The second-order valence-electron chi connectivity index (χ2n) is 8.49. The molecule has 0 radical (unpaired) electrons. The van der Waals surface area contributed by atoms with Gasteiger partial charge in [0.25, 0.3) is 0 Å². The first kappa shape index (κ1) is 21.0. The minimum atomic E-state index is -0.867. The highest BCUT2D eigenvalue weighted by molar-refractivity contribution is 5.78. The first-order valence-corrected chi connectivity index (χ1v) is 11.1. The summed E-state index contributed by atoms with van der Waals surface area (Å²) in [4.78, 5) is 31.1. The van der Waals surface area contributed by atoms with Gasteiger partial charge in [-0.3, -0.25) is 4.79 Å². The molecule has 33 heavy (non-hydrogen) atoms. The minimum absolute atomic E-state index is 0.0520. The van der Waals surface area contributed by atoms with Crippen LogP contribution in [0, 0.1) is 5.92 Å². The number of anilines is 1. The predicted octanol–water partition coefficient (Wildman–Crippen LogP) is 2.10. The monoisotopic (exact) mass is 450 g/mol. The van der Waals surface area contributed by atoms with Gasteiger partial charge < -0.3 is 25.0 Å². The summed E-state index contributed by atoms with van der Waals surface area (Å²) < 4.78 is 7.96. The van der Waals surface area contributed by atoms with E-state index in [2.05, 4.69) is 15.3 Å². The number of fused-ring (bicyclic) bond motifs is 1. The van der Waals surface area contributed by atoms with Gasteiger partial charge in [-0.05, 0) is 25.1 Å². The number of hydrogen-bond donors (Lipinski definition) is 2. The maximum Gasteiger partial charge on any atom is 0.407 e. The van der Waals surface area contributed by atoms with Gasteiger partial charge in [-0.2, -0.15) is 5.10 Å². The molecule has 1 unspecified atom stereocenters. The van der Waals surface area contributed by atoms with E-state index in [4.69, 9.17) is 14.8 Å². The van der Waals surface area contributed by atoms with Crippen LogP contribution in [0.4, 0.5) is 10.5 Å². The Hall–Kier alpha value is -3.82. The van der Waals surface area contributed by atoms with Crippen LogP contribution in [0.3, 0.4) is 0 Å². The Morgan fingerprint density at radius 2 is 1.94 bits per heavy atom. The Labute approximate surface area is 190 Å². The fourth-order valence-corrected chi connectivity index (χ4v) is 4.35. The van der Waals surface area contributed by atoms with Crippen LogP contribution in [0.1, 0.15) is 13.3 Å². The molecule has 2 saturated heterocycles. The molecule has 0 bridgehead atoms. The van der Waals surface area contributed by atoms with Crippen LogP contribution < -0.4 is 15.0 Å². The Kier molecular flexibility index (Phi) is 5.49. The first-order valence-electron chi connectivity index (χ1n) is 11.1. The van der Waals surface area contributed by atoms with Crippen molar-refractivity contribution in [3.8, 4) is 17.1 Å².